The summed E-state index contributed by atoms with van der Waals surface area (Å²) in [5.41, 5.74) is 0. The maximum atomic E-state index is 10.2. The molecule has 2 rings (SSSR count). The molecule has 1 unspecified atom stereocenters. The Balaban J connectivity index is 2.16. The molecule has 5 heteroatoms. The molecule has 0 amide bonds. The molecule has 0 saturated heterocycles. The molecule has 0 radical (unpaired) electrons. The average molecular weight is 294 g/mol. The zero-order valence-electron chi connectivity index (χ0n) is 11.8. The molecule has 0 spiro atoms. The molecule has 1 aromatic heterocycles. The zero-order chi connectivity index (χ0) is 14.5. The quantitative estimate of drug-likeness (QED) is 0.856. The summed E-state index contributed by atoms with van der Waals surface area (Å²) >= 11 is 6.04. The lowest BCUT2D eigenvalue weighted by Crippen LogP contribution is -2.28. The van der Waals surface area contributed by atoms with Crippen LogP contribution in [-0.2, 0) is 0 Å². The largest absolute Gasteiger partial charge is 0.391 e. The topological polar surface area (TPSA) is 58.0 Å². The van der Waals surface area contributed by atoms with Gasteiger partial charge in [0.1, 0.15) is 0 Å². The molecule has 2 N–H and O–H groups in total. The summed E-state index contributed by atoms with van der Waals surface area (Å²) < 4.78 is 0. The molecule has 1 heterocycles. The van der Waals surface area contributed by atoms with E-state index in [4.69, 9.17) is 11.6 Å². The van der Waals surface area contributed by atoms with E-state index in [1.165, 1.54) is 0 Å². The summed E-state index contributed by atoms with van der Waals surface area (Å²) in [7, 11) is 0. The van der Waals surface area contributed by atoms with Crippen molar-refractivity contribution >= 4 is 28.2 Å². The summed E-state index contributed by atoms with van der Waals surface area (Å²) in [6, 6.07) is 7.71. The maximum Gasteiger partial charge on any atom is 0.159 e. The first-order chi connectivity index (χ1) is 9.67. The fourth-order valence-corrected chi connectivity index (χ4v) is 2.61. The molecule has 0 aliphatic heterocycles. The Morgan fingerprint density at radius 3 is 2.45 bits per heavy atom. The summed E-state index contributed by atoms with van der Waals surface area (Å²) in [6.07, 6.45) is 1.54. The second kappa shape index (κ2) is 6.86. The Labute approximate surface area is 124 Å². The van der Waals surface area contributed by atoms with Crippen LogP contribution in [0.4, 0.5) is 5.82 Å². The predicted octanol–water partition coefficient (Wildman–Crippen LogP) is 3.49. The van der Waals surface area contributed by atoms with Crippen molar-refractivity contribution in [3.63, 3.8) is 0 Å². The van der Waals surface area contributed by atoms with Gasteiger partial charge in [-0.3, -0.25) is 0 Å². The van der Waals surface area contributed by atoms with Crippen LogP contribution in [0, 0.1) is 5.92 Å². The Bertz CT molecular complexity index is 572. The number of hydrogen-bond donors (Lipinski definition) is 2. The van der Waals surface area contributed by atoms with Gasteiger partial charge in [-0.05, 0) is 5.92 Å². The van der Waals surface area contributed by atoms with Gasteiger partial charge in [-0.1, -0.05) is 62.6 Å². The van der Waals surface area contributed by atoms with Gasteiger partial charge in [0.2, 0.25) is 0 Å². The predicted molar refractivity (Wildman–Crippen MR) is 83.1 cm³/mol. The molecule has 20 heavy (non-hydrogen) atoms. The monoisotopic (exact) mass is 293 g/mol. The number of rotatable bonds is 6. The van der Waals surface area contributed by atoms with Crippen molar-refractivity contribution in [1.29, 1.82) is 0 Å². The summed E-state index contributed by atoms with van der Waals surface area (Å²) in [5, 5.41) is 23.5. The molecular weight excluding hydrogens is 274 g/mol. The van der Waals surface area contributed by atoms with E-state index in [2.05, 4.69) is 29.4 Å². The molecular formula is C15H20ClN3O. The number of fused-ring (bicyclic) bond motifs is 1. The van der Waals surface area contributed by atoms with Gasteiger partial charge in [-0.2, -0.15) is 0 Å². The first-order valence-electron chi connectivity index (χ1n) is 7.00. The minimum atomic E-state index is -0.388. The second-order valence-electron chi connectivity index (χ2n) is 4.91. The molecule has 2 aromatic rings. The number of halogens is 1. The molecule has 0 aliphatic carbocycles. The second-order valence-corrected chi connectivity index (χ2v) is 5.27. The zero-order valence-corrected chi connectivity index (χ0v) is 12.6. The third-order valence-corrected chi connectivity index (χ3v) is 3.99. The molecule has 1 aromatic carbocycles. The van der Waals surface area contributed by atoms with Gasteiger partial charge >= 0.3 is 0 Å². The average Bonchev–Trinajstić information content (AvgIpc) is 2.48. The van der Waals surface area contributed by atoms with Crippen LogP contribution in [0.15, 0.2) is 24.3 Å². The smallest absolute Gasteiger partial charge is 0.159 e. The number of aliphatic hydroxyl groups excluding tert-OH is 1. The fourth-order valence-electron chi connectivity index (χ4n) is 2.40. The van der Waals surface area contributed by atoms with Crippen LogP contribution in [-0.4, -0.2) is 28.0 Å². The highest BCUT2D eigenvalue weighted by Crippen LogP contribution is 2.25. The van der Waals surface area contributed by atoms with E-state index in [1.807, 2.05) is 24.3 Å². The highest BCUT2D eigenvalue weighted by molar-refractivity contribution is 6.34. The third kappa shape index (κ3) is 3.19. The van der Waals surface area contributed by atoms with Crippen LogP contribution < -0.4 is 5.32 Å². The Morgan fingerprint density at radius 1 is 1.15 bits per heavy atom. The van der Waals surface area contributed by atoms with E-state index in [0.29, 0.717) is 23.4 Å². The van der Waals surface area contributed by atoms with E-state index in [1.54, 1.807) is 0 Å². The SMILES string of the molecule is CCC(CC)C(O)CNc1nnc(Cl)c2ccccc12. The van der Waals surface area contributed by atoms with Gasteiger partial charge in [0, 0.05) is 17.3 Å². The van der Waals surface area contributed by atoms with Gasteiger partial charge < -0.3 is 10.4 Å². The Morgan fingerprint density at radius 2 is 1.80 bits per heavy atom. The van der Waals surface area contributed by atoms with Crippen LogP contribution in [0.25, 0.3) is 10.8 Å². The number of nitrogens with zero attached hydrogens (tertiary/aromatic N) is 2. The lowest BCUT2D eigenvalue weighted by Gasteiger charge is -2.20. The number of nitrogens with one attached hydrogen (secondary N) is 1. The molecule has 0 fully saturated rings. The van der Waals surface area contributed by atoms with Crippen LogP contribution >= 0.6 is 11.6 Å². The van der Waals surface area contributed by atoms with Crippen molar-refractivity contribution in [2.24, 2.45) is 5.92 Å². The van der Waals surface area contributed by atoms with Gasteiger partial charge in [-0.25, -0.2) is 0 Å². The van der Waals surface area contributed by atoms with E-state index < -0.39 is 0 Å². The standard InChI is InChI=1S/C15H20ClN3O/c1-3-10(4-2)13(20)9-17-15-12-8-6-5-7-11(12)14(16)18-19-15/h5-8,10,13,20H,3-4,9H2,1-2H3,(H,17,19). The van der Waals surface area contributed by atoms with Gasteiger partial charge in [0.05, 0.1) is 6.10 Å². The fraction of sp³-hybridized carbons (Fsp3) is 0.467. The van der Waals surface area contributed by atoms with Crippen molar-refractivity contribution < 1.29 is 5.11 Å². The van der Waals surface area contributed by atoms with Crippen LogP contribution in [0.5, 0.6) is 0 Å². The summed E-state index contributed by atoms with van der Waals surface area (Å²) in [5.74, 6) is 0.962. The van der Waals surface area contributed by atoms with Gasteiger partial charge in [-0.15, -0.1) is 10.2 Å². The van der Waals surface area contributed by atoms with Crippen LogP contribution in [0.1, 0.15) is 26.7 Å². The van der Waals surface area contributed by atoms with E-state index >= 15 is 0 Å². The van der Waals surface area contributed by atoms with Crippen LogP contribution in [0.3, 0.4) is 0 Å². The van der Waals surface area contributed by atoms with E-state index in [-0.39, 0.29) is 6.10 Å². The van der Waals surface area contributed by atoms with Crippen molar-refractivity contribution in [3.8, 4) is 0 Å². The third-order valence-electron chi connectivity index (χ3n) is 3.71. The molecule has 0 aliphatic rings. The molecule has 108 valence electrons. The number of aromatic nitrogens is 2. The Hall–Kier alpha value is -1.39. The number of aliphatic hydroxyl groups is 1. The summed E-state index contributed by atoms with van der Waals surface area (Å²) in [6.45, 7) is 4.65. The normalized spacial score (nSPS) is 12.8. The van der Waals surface area contributed by atoms with Crippen molar-refractivity contribution in [1.82, 2.24) is 10.2 Å². The summed E-state index contributed by atoms with van der Waals surface area (Å²) in [4.78, 5) is 0. The molecule has 4 nitrogen and oxygen atoms in total. The highest BCUT2D eigenvalue weighted by Gasteiger charge is 2.16. The number of benzene rings is 1. The minimum absolute atomic E-state index is 0.300. The van der Waals surface area contributed by atoms with E-state index in [0.717, 1.165) is 23.6 Å². The van der Waals surface area contributed by atoms with Crippen molar-refractivity contribution in [2.75, 3.05) is 11.9 Å². The van der Waals surface area contributed by atoms with Gasteiger partial charge in [0.15, 0.2) is 11.0 Å². The first kappa shape index (κ1) is 15.0. The van der Waals surface area contributed by atoms with Crippen molar-refractivity contribution in [2.45, 2.75) is 32.8 Å². The van der Waals surface area contributed by atoms with Crippen molar-refractivity contribution in [3.05, 3.63) is 29.4 Å². The number of anilines is 1. The maximum absolute atomic E-state index is 10.2. The van der Waals surface area contributed by atoms with Crippen LogP contribution in [0.2, 0.25) is 5.15 Å². The first-order valence-corrected chi connectivity index (χ1v) is 7.38. The molecule has 1 atom stereocenters. The van der Waals surface area contributed by atoms with E-state index in [9.17, 15) is 5.11 Å². The number of hydrogen-bond acceptors (Lipinski definition) is 4. The Kier molecular flexibility index (Phi) is 5.15. The lowest BCUT2D eigenvalue weighted by atomic mass is 9.96. The highest BCUT2D eigenvalue weighted by atomic mass is 35.5. The molecule has 0 saturated carbocycles. The molecule has 0 bridgehead atoms. The lowest BCUT2D eigenvalue weighted by molar-refractivity contribution is 0.114. The van der Waals surface area contributed by atoms with Gasteiger partial charge in [0.25, 0.3) is 0 Å². The minimum Gasteiger partial charge on any atom is -0.391 e.